The first-order valence-corrected chi connectivity index (χ1v) is 15.4. The van der Waals surface area contributed by atoms with E-state index in [4.69, 9.17) is 55.5 Å². The summed E-state index contributed by atoms with van der Waals surface area (Å²) < 4.78 is 48.1. The Morgan fingerprint density at radius 1 is 0.625 bits per heavy atom. The summed E-state index contributed by atoms with van der Waals surface area (Å²) in [6.07, 6.45) is 9.80. The lowest BCUT2D eigenvalue weighted by atomic mass is 10.2. The second-order valence-electron chi connectivity index (χ2n) is 10.4. The fourth-order valence-corrected chi connectivity index (χ4v) is 3.24. The highest BCUT2D eigenvalue weighted by atomic mass is 35.5. The molecule has 268 valence electrons. The number of nitrogens with one attached hydrogen (secondary N) is 1. The number of alkyl carbamates (subject to hydrolysis) is 1. The van der Waals surface area contributed by atoms with E-state index in [1.165, 1.54) is 0 Å². The molecule has 0 spiro atoms. The van der Waals surface area contributed by atoms with Crippen LogP contribution in [0.25, 0.3) is 0 Å². The molecule has 0 saturated carbocycles. The second-order valence-corrected chi connectivity index (χ2v) is 10.4. The third kappa shape index (κ3) is 26.2. The Morgan fingerprint density at radius 2 is 0.979 bits per heavy atom. The quantitative estimate of drug-likeness (QED) is 0.121. The van der Waals surface area contributed by atoms with E-state index in [2.05, 4.69) is 22.9 Å². The maximum absolute atomic E-state index is 11.4. The van der Waals surface area contributed by atoms with Crippen LogP contribution in [-0.4, -0.2) is 104 Å². The largest absolute Gasteiger partial charge is 1.00 e. The molecule has 1 amide bonds. The van der Waals surface area contributed by atoms with E-state index in [0.717, 1.165) is 23.8 Å². The van der Waals surface area contributed by atoms with Crippen LogP contribution < -0.4 is 42.4 Å². The molecule has 0 bridgehead atoms. The van der Waals surface area contributed by atoms with Crippen LogP contribution in [-0.2, 0) is 23.7 Å². The van der Waals surface area contributed by atoms with Gasteiger partial charge in [0.2, 0.25) is 0 Å². The van der Waals surface area contributed by atoms with Crippen LogP contribution in [0.1, 0.15) is 20.8 Å². The van der Waals surface area contributed by atoms with Gasteiger partial charge in [0.05, 0.1) is 59.4 Å². The molecular formula is C35H51ClN2O10. The van der Waals surface area contributed by atoms with Crippen molar-refractivity contribution < 1.29 is 65.6 Å². The van der Waals surface area contributed by atoms with E-state index in [1.54, 1.807) is 12.1 Å². The zero-order chi connectivity index (χ0) is 34.4. The Kier molecular flexibility index (Phi) is 26.9. The third-order valence-corrected chi connectivity index (χ3v) is 5.23. The number of halogens is 1. The van der Waals surface area contributed by atoms with Crippen molar-refractivity contribution in [3.05, 3.63) is 48.5 Å². The van der Waals surface area contributed by atoms with Gasteiger partial charge in [-0.2, -0.15) is 0 Å². The van der Waals surface area contributed by atoms with Crippen LogP contribution >= 0.6 is 0 Å². The Bertz CT molecular complexity index is 1150. The molecule has 4 N–H and O–H groups in total. The minimum absolute atomic E-state index is 0. The summed E-state index contributed by atoms with van der Waals surface area (Å²) in [5.41, 5.74) is 3.18. The van der Waals surface area contributed by atoms with Gasteiger partial charge in [0.15, 0.2) is 0 Å². The summed E-state index contributed by atoms with van der Waals surface area (Å²) in [6, 6.07) is 14.5. The lowest BCUT2D eigenvalue weighted by molar-refractivity contribution is -0.374. The summed E-state index contributed by atoms with van der Waals surface area (Å²) in [5, 5.41) is 2.62. The second kappa shape index (κ2) is 29.3. The zero-order valence-corrected chi connectivity index (χ0v) is 29.1. The number of carbonyl (C=O) groups excluding carboxylic acids is 1. The molecule has 2 aromatic carbocycles. The molecule has 0 aliphatic rings. The summed E-state index contributed by atoms with van der Waals surface area (Å²) in [7, 11) is 0. The molecule has 0 aliphatic carbocycles. The van der Waals surface area contributed by atoms with E-state index < -0.39 is 11.7 Å². The minimum Gasteiger partial charge on any atom is -1.00 e. The van der Waals surface area contributed by atoms with E-state index in [9.17, 15) is 4.79 Å². The normalized spacial score (nSPS) is 10.2. The molecule has 0 radical (unpaired) electrons. The van der Waals surface area contributed by atoms with Crippen molar-refractivity contribution in [1.29, 1.82) is 0 Å². The van der Waals surface area contributed by atoms with Crippen molar-refractivity contribution in [2.45, 2.75) is 26.4 Å². The number of hydrogen-bond acceptors (Lipinski definition) is 10. The lowest BCUT2D eigenvalue weighted by Crippen LogP contribution is -3.00. The van der Waals surface area contributed by atoms with Crippen molar-refractivity contribution in [2.24, 2.45) is 0 Å². The number of rotatable bonds is 23. The molecular weight excluding hydrogens is 644 g/mol. The number of ether oxygens (including phenoxy) is 9. The summed E-state index contributed by atoms with van der Waals surface area (Å²) >= 11 is 0. The molecule has 0 saturated heterocycles. The van der Waals surface area contributed by atoms with Crippen molar-refractivity contribution in [3.63, 3.8) is 0 Å². The summed E-state index contributed by atoms with van der Waals surface area (Å²) in [6.45, 7) is 12.2. The highest BCUT2D eigenvalue weighted by molar-refractivity contribution is 5.67. The fourth-order valence-electron chi connectivity index (χ4n) is 3.24. The lowest BCUT2D eigenvalue weighted by Gasteiger charge is -2.19. The number of terminal acetylenes is 2. The highest BCUT2D eigenvalue weighted by Crippen LogP contribution is 2.18. The molecule has 0 aliphatic heterocycles. The molecule has 2 aromatic rings. The van der Waals surface area contributed by atoms with E-state index >= 15 is 0 Å². The van der Waals surface area contributed by atoms with Gasteiger partial charge in [-0.05, 0) is 69.3 Å². The van der Waals surface area contributed by atoms with Crippen molar-refractivity contribution in [2.75, 3.05) is 92.4 Å². The molecule has 48 heavy (non-hydrogen) atoms. The topological polar surface area (TPSA) is 140 Å². The SMILES string of the molecule is C#CCOc1ccc(OCCOCCOCCNC(=O)OC(C)(C)C)cc1.C#CCOc1ccc(OCCOCCOCC[NH3+])cc1.[Cl-]. The van der Waals surface area contributed by atoms with Crippen LogP contribution in [0.3, 0.4) is 0 Å². The molecule has 0 heterocycles. The molecule has 12 nitrogen and oxygen atoms in total. The van der Waals surface area contributed by atoms with Crippen molar-refractivity contribution >= 4 is 6.09 Å². The maximum Gasteiger partial charge on any atom is 0.407 e. The molecule has 0 aromatic heterocycles. The predicted octanol–water partition coefficient (Wildman–Crippen LogP) is -0.00820. The smallest absolute Gasteiger partial charge is 0.407 e. The number of quaternary nitrogens is 1. The van der Waals surface area contributed by atoms with E-state index in [1.807, 2.05) is 57.2 Å². The fraction of sp³-hybridized carbons (Fsp3) is 0.514. The Balaban J connectivity index is 0.000000940. The standard InChI is InChI=1S/C20H29NO6.C15H21NO4.ClH/c1-5-11-25-17-6-8-18(9-7-17)26-16-15-24-14-13-23-12-10-21-19(22)27-20(2,3)4;1-2-8-19-14-3-5-15(6-4-14)20-13-12-18-11-10-17-9-7-16;/h1,6-9H,10-16H2,2-4H3,(H,21,22);1,3-6H,7-13,16H2;1H. The van der Waals surface area contributed by atoms with E-state index in [0.29, 0.717) is 78.4 Å². The number of amides is 1. The number of carbonyl (C=O) groups is 1. The van der Waals surface area contributed by atoms with Gasteiger partial charge in [-0.1, -0.05) is 11.8 Å². The summed E-state index contributed by atoms with van der Waals surface area (Å²) in [4.78, 5) is 11.4. The average molecular weight is 695 g/mol. The van der Waals surface area contributed by atoms with Crippen LogP contribution in [0.5, 0.6) is 23.0 Å². The number of hydrogen-bond donors (Lipinski definition) is 2. The van der Waals surface area contributed by atoms with Crippen LogP contribution in [0, 0.1) is 24.7 Å². The molecule has 13 heteroatoms. The maximum atomic E-state index is 11.4. The van der Waals surface area contributed by atoms with Crippen LogP contribution in [0.4, 0.5) is 4.79 Å². The van der Waals surface area contributed by atoms with Gasteiger partial charge >= 0.3 is 6.09 Å². The Morgan fingerprint density at radius 3 is 1.35 bits per heavy atom. The van der Waals surface area contributed by atoms with Gasteiger partial charge in [0.25, 0.3) is 0 Å². The van der Waals surface area contributed by atoms with Gasteiger partial charge in [0, 0.05) is 6.54 Å². The summed E-state index contributed by atoms with van der Waals surface area (Å²) in [5.74, 6) is 7.76. The van der Waals surface area contributed by atoms with Crippen molar-refractivity contribution in [3.8, 4) is 47.7 Å². The van der Waals surface area contributed by atoms with Gasteiger partial charge in [-0.25, -0.2) is 4.79 Å². The monoisotopic (exact) mass is 694 g/mol. The third-order valence-electron chi connectivity index (χ3n) is 5.23. The van der Waals surface area contributed by atoms with Gasteiger partial charge < -0.3 is 66.1 Å². The van der Waals surface area contributed by atoms with Gasteiger partial charge in [0.1, 0.15) is 55.0 Å². The van der Waals surface area contributed by atoms with Crippen LogP contribution in [0.15, 0.2) is 48.5 Å². The van der Waals surface area contributed by atoms with Crippen LogP contribution in [0.2, 0.25) is 0 Å². The molecule has 0 fully saturated rings. The average Bonchev–Trinajstić information content (AvgIpc) is 3.05. The molecule has 0 unspecified atom stereocenters. The van der Waals surface area contributed by atoms with Gasteiger partial charge in [-0.3, -0.25) is 0 Å². The first-order valence-electron chi connectivity index (χ1n) is 15.4. The Hall–Kier alpha value is -3.88. The van der Waals surface area contributed by atoms with E-state index in [-0.39, 0.29) is 25.6 Å². The first kappa shape index (κ1) is 44.1. The predicted molar refractivity (Wildman–Crippen MR) is 178 cm³/mol. The number of benzene rings is 2. The molecule has 0 atom stereocenters. The first-order chi connectivity index (χ1) is 22.8. The van der Waals surface area contributed by atoms with Gasteiger partial charge in [-0.15, -0.1) is 12.8 Å². The Labute approximate surface area is 291 Å². The zero-order valence-electron chi connectivity index (χ0n) is 28.3. The molecule has 2 rings (SSSR count). The minimum atomic E-state index is -0.501. The highest BCUT2D eigenvalue weighted by Gasteiger charge is 2.15. The van der Waals surface area contributed by atoms with Crippen molar-refractivity contribution in [1.82, 2.24) is 5.32 Å².